The second-order valence-corrected chi connectivity index (χ2v) is 5.88. The molecule has 0 radical (unpaired) electrons. The number of aryl methyl sites for hydroxylation is 1. The van der Waals surface area contributed by atoms with Gasteiger partial charge < -0.3 is 10.1 Å². The summed E-state index contributed by atoms with van der Waals surface area (Å²) >= 11 is 0. The molecule has 1 amide bonds. The Labute approximate surface area is 160 Å². The van der Waals surface area contributed by atoms with E-state index >= 15 is 0 Å². The van der Waals surface area contributed by atoms with Crippen molar-refractivity contribution in [3.05, 3.63) is 84.6 Å². The molecule has 2 aromatic carbocycles. The van der Waals surface area contributed by atoms with Crippen molar-refractivity contribution < 1.29 is 9.53 Å². The Bertz CT molecular complexity index is 1080. The van der Waals surface area contributed by atoms with Crippen molar-refractivity contribution in [2.24, 2.45) is 0 Å². The van der Waals surface area contributed by atoms with E-state index in [1.165, 1.54) is 11.0 Å². The van der Waals surface area contributed by atoms with E-state index < -0.39 is 0 Å². The molecular weight excluding hydrogens is 356 g/mol. The number of carbonyl (C=O) groups is 1. The van der Waals surface area contributed by atoms with Gasteiger partial charge in [-0.2, -0.15) is 9.90 Å². The number of anilines is 1. The standard InChI is InChI=1S/C20H16N6O2/c1-14-19(25-26(24-14)16-5-3-2-4-6-16)20(27)23-15-7-9-17(10-8-15)28-18-13-21-11-12-22-18/h2-13H,1H3,(H,23,27). The summed E-state index contributed by atoms with van der Waals surface area (Å²) < 4.78 is 5.58. The summed E-state index contributed by atoms with van der Waals surface area (Å²) in [7, 11) is 0. The van der Waals surface area contributed by atoms with Crippen molar-refractivity contribution in [3.63, 3.8) is 0 Å². The number of nitrogens with zero attached hydrogens (tertiary/aromatic N) is 5. The predicted molar refractivity (Wildman–Crippen MR) is 103 cm³/mol. The van der Waals surface area contributed by atoms with E-state index in [0.717, 1.165) is 5.69 Å². The van der Waals surface area contributed by atoms with Crippen molar-refractivity contribution in [3.8, 4) is 17.3 Å². The third-order valence-corrected chi connectivity index (χ3v) is 3.86. The SMILES string of the molecule is Cc1nn(-c2ccccc2)nc1C(=O)Nc1ccc(Oc2cnccn2)cc1. The molecule has 0 aliphatic rings. The minimum Gasteiger partial charge on any atom is -0.438 e. The zero-order valence-corrected chi connectivity index (χ0v) is 15.0. The van der Waals surface area contributed by atoms with Crippen LogP contribution in [0.15, 0.2) is 73.2 Å². The molecule has 0 saturated carbocycles. The highest BCUT2D eigenvalue weighted by atomic mass is 16.5. The summed E-state index contributed by atoms with van der Waals surface area (Å²) in [5.41, 5.74) is 2.22. The molecule has 28 heavy (non-hydrogen) atoms. The van der Waals surface area contributed by atoms with Crippen LogP contribution in [0.2, 0.25) is 0 Å². The van der Waals surface area contributed by atoms with Crippen molar-refractivity contribution >= 4 is 11.6 Å². The van der Waals surface area contributed by atoms with Gasteiger partial charge in [0, 0.05) is 18.1 Å². The molecule has 0 aliphatic heterocycles. The summed E-state index contributed by atoms with van der Waals surface area (Å²) in [6.07, 6.45) is 4.64. The Balaban J connectivity index is 1.46. The van der Waals surface area contributed by atoms with Gasteiger partial charge in [-0.3, -0.25) is 9.78 Å². The highest BCUT2D eigenvalue weighted by Gasteiger charge is 2.16. The van der Waals surface area contributed by atoms with Crippen LogP contribution >= 0.6 is 0 Å². The largest absolute Gasteiger partial charge is 0.438 e. The lowest BCUT2D eigenvalue weighted by atomic mass is 10.2. The number of hydrogen-bond donors (Lipinski definition) is 1. The fourth-order valence-corrected chi connectivity index (χ4v) is 2.52. The molecule has 0 atom stereocenters. The van der Waals surface area contributed by atoms with Crippen LogP contribution in [-0.4, -0.2) is 30.9 Å². The first kappa shape index (κ1) is 17.3. The molecule has 2 heterocycles. The van der Waals surface area contributed by atoms with Crippen molar-refractivity contribution in [1.29, 1.82) is 0 Å². The minimum absolute atomic E-state index is 0.267. The Hall–Kier alpha value is -4.07. The normalized spacial score (nSPS) is 10.5. The lowest BCUT2D eigenvalue weighted by Crippen LogP contribution is -2.14. The number of benzene rings is 2. The van der Waals surface area contributed by atoms with Gasteiger partial charge in [0.05, 0.1) is 17.6 Å². The van der Waals surface area contributed by atoms with Crippen LogP contribution in [0, 0.1) is 6.92 Å². The number of ether oxygens (including phenoxy) is 1. The van der Waals surface area contributed by atoms with Crippen LogP contribution in [-0.2, 0) is 0 Å². The summed E-state index contributed by atoms with van der Waals surface area (Å²) in [5.74, 6) is 0.652. The zero-order valence-electron chi connectivity index (χ0n) is 15.0. The number of nitrogens with one attached hydrogen (secondary N) is 1. The maximum Gasteiger partial charge on any atom is 0.278 e. The number of rotatable bonds is 5. The Kier molecular flexibility index (Phi) is 4.75. The van der Waals surface area contributed by atoms with Crippen LogP contribution in [0.5, 0.6) is 11.6 Å². The quantitative estimate of drug-likeness (QED) is 0.577. The molecule has 0 bridgehead atoms. The fraction of sp³-hybridized carbons (Fsp3) is 0.0500. The summed E-state index contributed by atoms with van der Waals surface area (Å²) in [5, 5.41) is 11.4. The van der Waals surface area contributed by atoms with Gasteiger partial charge in [-0.1, -0.05) is 18.2 Å². The van der Waals surface area contributed by atoms with Gasteiger partial charge in [0.25, 0.3) is 5.91 Å². The van der Waals surface area contributed by atoms with Gasteiger partial charge in [-0.25, -0.2) is 4.98 Å². The third-order valence-electron chi connectivity index (χ3n) is 3.86. The maximum atomic E-state index is 12.6. The van der Waals surface area contributed by atoms with Crippen LogP contribution in [0.3, 0.4) is 0 Å². The van der Waals surface area contributed by atoms with E-state index in [9.17, 15) is 4.79 Å². The lowest BCUT2D eigenvalue weighted by Gasteiger charge is -2.06. The summed E-state index contributed by atoms with van der Waals surface area (Å²) in [4.78, 5) is 22.0. The molecule has 0 fully saturated rings. The van der Waals surface area contributed by atoms with E-state index in [1.807, 2.05) is 30.3 Å². The van der Waals surface area contributed by atoms with Gasteiger partial charge in [-0.15, -0.1) is 5.10 Å². The van der Waals surface area contributed by atoms with E-state index in [4.69, 9.17) is 4.74 Å². The van der Waals surface area contributed by atoms with Crippen LogP contribution in [0.25, 0.3) is 5.69 Å². The molecule has 0 aliphatic carbocycles. The highest BCUT2D eigenvalue weighted by Crippen LogP contribution is 2.21. The summed E-state index contributed by atoms with van der Waals surface area (Å²) in [6, 6.07) is 16.4. The number of carbonyl (C=O) groups excluding carboxylic acids is 1. The molecule has 4 aromatic rings. The lowest BCUT2D eigenvalue weighted by molar-refractivity contribution is 0.102. The number of amides is 1. The highest BCUT2D eigenvalue weighted by molar-refractivity contribution is 6.03. The van der Waals surface area contributed by atoms with Crippen molar-refractivity contribution in [2.75, 3.05) is 5.32 Å². The molecule has 0 saturated heterocycles. The monoisotopic (exact) mass is 372 g/mol. The van der Waals surface area contributed by atoms with Gasteiger partial charge in [0.15, 0.2) is 5.69 Å². The first-order chi connectivity index (χ1) is 13.7. The van der Waals surface area contributed by atoms with Gasteiger partial charge in [0.1, 0.15) is 5.75 Å². The second-order valence-electron chi connectivity index (χ2n) is 5.88. The third kappa shape index (κ3) is 3.85. The van der Waals surface area contributed by atoms with Crippen molar-refractivity contribution in [2.45, 2.75) is 6.92 Å². The minimum atomic E-state index is -0.331. The molecule has 0 spiro atoms. The van der Waals surface area contributed by atoms with Crippen LogP contribution < -0.4 is 10.1 Å². The average Bonchev–Trinajstić information content (AvgIpc) is 3.13. The van der Waals surface area contributed by atoms with E-state index in [1.54, 1.807) is 43.6 Å². The van der Waals surface area contributed by atoms with E-state index in [2.05, 4.69) is 25.5 Å². The van der Waals surface area contributed by atoms with Crippen LogP contribution in [0.1, 0.15) is 16.2 Å². The van der Waals surface area contributed by atoms with Gasteiger partial charge in [0.2, 0.25) is 5.88 Å². The Morgan fingerprint density at radius 1 is 1.00 bits per heavy atom. The summed E-state index contributed by atoms with van der Waals surface area (Å²) in [6.45, 7) is 1.75. The van der Waals surface area contributed by atoms with E-state index in [-0.39, 0.29) is 11.6 Å². The molecule has 2 aromatic heterocycles. The number of aromatic nitrogens is 5. The molecule has 4 rings (SSSR count). The second kappa shape index (κ2) is 7.67. The van der Waals surface area contributed by atoms with E-state index in [0.29, 0.717) is 23.0 Å². The molecule has 8 nitrogen and oxygen atoms in total. The van der Waals surface area contributed by atoms with Crippen molar-refractivity contribution in [1.82, 2.24) is 25.0 Å². The number of hydrogen-bond acceptors (Lipinski definition) is 6. The topological polar surface area (TPSA) is 94.8 Å². The first-order valence-corrected chi connectivity index (χ1v) is 8.54. The molecule has 0 unspecified atom stereocenters. The zero-order chi connectivity index (χ0) is 19.3. The molecule has 8 heteroatoms. The predicted octanol–water partition coefficient (Wildman–Crippen LogP) is 3.41. The fourth-order valence-electron chi connectivity index (χ4n) is 2.52. The molecule has 1 N–H and O–H groups in total. The average molecular weight is 372 g/mol. The van der Waals surface area contributed by atoms with Crippen LogP contribution in [0.4, 0.5) is 5.69 Å². The smallest absolute Gasteiger partial charge is 0.278 e. The maximum absolute atomic E-state index is 12.6. The van der Waals surface area contributed by atoms with Gasteiger partial charge in [-0.05, 0) is 43.3 Å². The van der Waals surface area contributed by atoms with Gasteiger partial charge >= 0.3 is 0 Å². The molecular formula is C20H16N6O2. The Morgan fingerprint density at radius 3 is 2.50 bits per heavy atom. The Morgan fingerprint density at radius 2 is 1.79 bits per heavy atom. The first-order valence-electron chi connectivity index (χ1n) is 8.54. The number of para-hydroxylation sites is 1. The molecule has 138 valence electrons.